The SMILES string of the molecule is O=C(CCC1CCNCC1)N1CCN(C2CC3CCC2C3)CC1. The number of piperidine rings is 1. The van der Waals surface area contributed by atoms with Crippen LogP contribution in [0.3, 0.4) is 0 Å². The van der Waals surface area contributed by atoms with Crippen molar-refractivity contribution in [1.82, 2.24) is 15.1 Å². The predicted octanol–water partition coefficient (Wildman–Crippen LogP) is 2.10. The largest absolute Gasteiger partial charge is 0.340 e. The first kappa shape index (κ1) is 15.9. The molecule has 1 N–H and O–H groups in total. The Hall–Kier alpha value is -0.610. The second-order valence-electron chi connectivity index (χ2n) is 8.39. The van der Waals surface area contributed by atoms with Crippen molar-refractivity contribution >= 4 is 5.91 Å². The van der Waals surface area contributed by atoms with Gasteiger partial charge in [-0.1, -0.05) is 6.42 Å². The molecule has 0 aromatic carbocycles. The minimum absolute atomic E-state index is 0.413. The molecule has 3 atom stereocenters. The van der Waals surface area contributed by atoms with Gasteiger partial charge < -0.3 is 10.2 Å². The molecular formula is C19H33N3O. The molecule has 0 aromatic heterocycles. The van der Waals surface area contributed by atoms with Crippen molar-refractivity contribution in [3.8, 4) is 0 Å². The highest BCUT2D eigenvalue weighted by molar-refractivity contribution is 5.76. The van der Waals surface area contributed by atoms with Gasteiger partial charge in [0.15, 0.2) is 0 Å². The second-order valence-corrected chi connectivity index (χ2v) is 8.39. The molecule has 0 aromatic rings. The molecule has 130 valence electrons. The van der Waals surface area contributed by atoms with E-state index in [1.54, 1.807) is 0 Å². The molecule has 4 aliphatic rings. The van der Waals surface area contributed by atoms with Gasteiger partial charge in [-0.15, -0.1) is 0 Å². The van der Waals surface area contributed by atoms with Crippen LogP contribution in [0.4, 0.5) is 0 Å². The third-order valence-corrected chi connectivity index (χ3v) is 7.06. The number of rotatable bonds is 4. The van der Waals surface area contributed by atoms with Gasteiger partial charge in [0, 0.05) is 38.6 Å². The average molecular weight is 319 g/mol. The van der Waals surface area contributed by atoms with Crippen molar-refractivity contribution in [2.75, 3.05) is 39.3 Å². The van der Waals surface area contributed by atoms with Crippen LogP contribution in [-0.2, 0) is 4.79 Å². The number of carbonyl (C=O) groups is 1. The molecule has 0 radical (unpaired) electrons. The minimum atomic E-state index is 0.413. The van der Waals surface area contributed by atoms with Crippen molar-refractivity contribution < 1.29 is 4.79 Å². The number of hydrogen-bond acceptors (Lipinski definition) is 3. The summed E-state index contributed by atoms with van der Waals surface area (Å²) >= 11 is 0. The number of carbonyl (C=O) groups excluding carboxylic acids is 1. The predicted molar refractivity (Wildman–Crippen MR) is 92.2 cm³/mol. The Morgan fingerprint density at radius 1 is 0.957 bits per heavy atom. The topological polar surface area (TPSA) is 35.6 Å². The highest BCUT2D eigenvalue weighted by Gasteiger charge is 2.42. The third-order valence-electron chi connectivity index (χ3n) is 7.06. The number of nitrogens with zero attached hydrogens (tertiary/aromatic N) is 2. The molecule has 4 heteroatoms. The standard InChI is InChI=1S/C19H33N3O/c23-19(4-2-15-5-7-20-8-6-15)22-11-9-21(10-12-22)18-14-16-1-3-17(18)13-16/h15-18,20H,1-14H2. The summed E-state index contributed by atoms with van der Waals surface area (Å²) in [6, 6.07) is 0.848. The number of nitrogens with one attached hydrogen (secondary N) is 1. The van der Waals surface area contributed by atoms with Crippen LogP contribution < -0.4 is 5.32 Å². The molecule has 2 saturated carbocycles. The highest BCUT2D eigenvalue weighted by Crippen LogP contribution is 2.46. The van der Waals surface area contributed by atoms with Gasteiger partial charge in [0.05, 0.1) is 0 Å². The van der Waals surface area contributed by atoms with Crippen LogP contribution in [0.5, 0.6) is 0 Å². The highest BCUT2D eigenvalue weighted by atomic mass is 16.2. The molecule has 4 nitrogen and oxygen atoms in total. The maximum absolute atomic E-state index is 12.5. The van der Waals surface area contributed by atoms with Crippen LogP contribution in [0.25, 0.3) is 0 Å². The first-order valence-electron chi connectivity index (χ1n) is 10.0. The van der Waals surface area contributed by atoms with Gasteiger partial charge in [0.2, 0.25) is 5.91 Å². The summed E-state index contributed by atoms with van der Waals surface area (Å²) in [6.45, 7) is 6.46. The molecule has 0 spiro atoms. The Kier molecular flexibility index (Phi) is 4.91. The zero-order valence-electron chi connectivity index (χ0n) is 14.5. The summed E-state index contributed by atoms with van der Waals surface area (Å²) in [5.41, 5.74) is 0. The number of fused-ring (bicyclic) bond motifs is 2. The van der Waals surface area contributed by atoms with Crippen LogP contribution in [0.1, 0.15) is 51.4 Å². The molecule has 2 heterocycles. The van der Waals surface area contributed by atoms with Gasteiger partial charge in [-0.25, -0.2) is 0 Å². The summed E-state index contributed by atoms with van der Waals surface area (Å²) in [6.07, 6.45) is 10.3. The van der Waals surface area contributed by atoms with Crippen molar-refractivity contribution in [2.45, 2.75) is 57.4 Å². The van der Waals surface area contributed by atoms with Crippen molar-refractivity contribution in [3.63, 3.8) is 0 Å². The fourth-order valence-corrected chi connectivity index (χ4v) is 5.62. The molecule has 2 aliphatic heterocycles. The quantitative estimate of drug-likeness (QED) is 0.862. The van der Waals surface area contributed by atoms with E-state index < -0.39 is 0 Å². The Bertz CT molecular complexity index is 413. The fourth-order valence-electron chi connectivity index (χ4n) is 5.62. The molecule has 3 unspecified atom stereocenters. The minimum Gasteiger partial charge on any atom is -0.340 e. The fraction of sp³-hybridized carbons (Fsp3) is 0.947. The summed E-state index contributed by atoms with van der Waals surface area (Å²) in [4.78, 5) is 17.3. The maximum Gasteiger partial charge on any atom is 0.222 e. The van der Waals surface area contributed by atoms with E-state index >= 15 is 0 Å². The van der Waals surface area contributed by atoms with Crippen LogP contribution >= 0.6 is 0 Å². The van der Waals surface area contributed by atoms with E-state index in [1.165, 1.54) is 38.5 Å². The smallest absolute Gasteiger partial charge is 0.222 e. The van der Waals surface area contributed by atoms with E-state index in [-0.39, 0.29) is 0 Å². The normalized spacial score (nSPS) is 35.8. The van der Waals surface area contributed by atoms with Crippen LogP contribution in [0.2, 0.25) is 0 Å². The molecule has 2 saturated heterocycles. The number of piperazine rings is 1. The lowest BCUT2D eigenvalue weighted by Gasteiger charge is -2.41. The number of hydrogen-bond donors (Lipinski definition) is 1. The lowest BCUT2D eigenvalue weighted by molar-refractivity contribution is -0.133. The number of amides is 1. The van der Waals surface area contributed by atoms with E-state index in [0.717, 1.165) is 75.9 Å². The van der Waals surface area contributed by atoms with Gasteiger partial charge in [0.25, 0.3) is 0 Å². The molecule has 4 rings (SSSR count). The Balaban J connectivity index is 1.19. The van der Waals surface area contributed by atoms with E-state index in [1.807, 2.05) is 0 Å². The zero-order valence-corrected chi connectivity index (χ0v) is 14.5. The monoisotopic (exact) mass is 319 g/mol. The van der Waals surface area contributed by atoms with Gasteiger partial charge in [-0.2, -0.15) is 0 Å². The molecule has 1 amide bonds. The van der Waals surface area contributed by atoms with Crippen LogP contribution in [0, 0.1) is 17.8 Å². The van der Waals surface area contributed by atoms with Gasteiger partial charge in [0.1, 0.15) is 0 Å². The second kappa shape index (κ2) is 7.10. The van der Waals surface area contributed by atoms with Gasteiger partial charge in [-0.3, -0.25) is 9.69 Å². The lowest BCUT2D eigenvalue weighted by Crippen LogP contribution is -2.53. The van der Waals surface area contributed by atoms with E-state index in [4.69, 9.17) is 0 Å². The zero-order chi connectivity index (χ0) is 15.6. The van der Waals surface area contributed by atoms with E-state index in [0.29, 0.717) is 5.91 Å². The first-order chi connectivity index (χ1) is 11.3. The maximum atomic E-state index is 12.5. The molecule has 4 fully saturated rings. The molecule has 2 aliphatic carbocycles. The lowest BCUT2D eigenvalue weighted by atomic mass is 9.92. The summed E-state index contributed by atoms with van der Waals surface area (Å²) in [5, 5.41) is 3.41. The van der Waals surface area contributed by atoms with Gasteiger partial charge >= 0.3 is 0 Å². The molecule has 2 bridgehead atoms. The van der Waals surface area contributed by atoms with Crippen LogP contribution in [-0.4, -0.2) is 61.0 Å². The summed E-state index contributed by atoms with van der Waals surface area (Å²) < 4.78 is 0. The Morgan fingerprint density at radius 3 is 2.39 bits per heavy atom. The van der Waals surface area contributed by atoms with Crippen LogP contribution in [0.15, 0.2) is 0 Å². The Labute approximate surface area is 141 Å². The average Bonchev–Trinajstić information content (AvgIpc) is 3.24. The Morgan fingerprint density at radius 2 is 1.74 bits per heavy atom. The molecular weight excluding hydrogens is 286 g/mol. The van der Waals surface area contributed by atoms with Crippen molar-refractivity contribution in [1.29, 1.82) is 0 Å². The van der Waals surface area contributed by atoms with Crippen molar-refractivity contribution in [3.05, 3.63) is 0 Å². The molecule has 23 heavy (non-hydrogen) atoms. The summed E-state index contributed by atoms with van der Waals surface area (Å²) in [7, 11) is 0. The van der Waals surface area contributed by atoms with Gasteiger partial charge in [-0.05, 0) is 69.4 Å². The summed E-state index contributed by atoms with van der Waals surface area (Å²) in [5.74, 6) is 3.18. The van der Waals surface area contributed by atoms with E-state index in [9.17, 15) is 4.79 Å². The van der Waals surface area contributed by atoms with Crippen molar-refractivity contribution in [2.24, 2.45) is 17.8 Å². The first-order valence-corrected chi connectivity index (χ1v) is 10.0. The third kappa shape index (κ3) is 3.58. The van der Waals surface area contributed by atoms with E-state index in [2.05, 4.69) is 15.1 Å².